The molecule has 0 saturated carbocycles. The third-order valence-corrected chi connectivity index (χ3v) is 5.59. The van der Waals surface area contributed by atoms with Gasteiger partial charge in [0.25, 0.3) is 5.91 Å². The number of hydrogen-bond donors (Lipinski definition) is 1. The molecule has 1 N–H and O–H groups in total. The summed E-state index contributed by atoms with van der Waals surface area (Å²) in [5, 5.41) is 3.86. The largest absolute Gasteiger partial charge is 0.306 e. The van der Waals surface area contributed by atoms with Crippen LogP contribution in [0.5, 0.6) is 0 Å². The molecular weight excluding hydrogens is 359 g/mol. The van der Waals surface area contributed by atoms with Gasteiger partial charge in [0, 0.05) is 4.70 Å². The number of rotatable bonds is 4. The van der Waals surface area contributed by atoms with Gasteiger partial charge in [0.1, 0.15) is 11.6 Å². The molecule has 5 heteroatoms. The lowest BCUT2D eigenvalue weighted by atomic mass is 10.0. The summed E-state index contributed by atoms with van der Waals surface area (Å²) >= 11 is 1.46. The van der Waals surface area contributed by atoms with Crippen molar-refractivity contribution in [1.82, 2.24) is 4.98 Å². The topological polar surface area (TPSA) is 42.0 Å². The normalized spacial score (nSPS) is 10.9. The fraction of sp³-hybridized carbons (Fsp3) is 0.0909. The quantitative estimate of drug-likeness (QED) is 0.505. The van der Waals surface area contributed by atoms with Crippen LogP contribution in [0.3, 0.4) is 0 Å². The van der Waals surface area contributed by atoms with Crippen LogP contribution in [0.25, 0.3) is 10.1 Å². The molecule has 0 aliphatic heterocycles. The number of anilines is 1. The van der Waals surface area contributed by atoms with Gasteiger partial charge < -0.3 is 5.32 Å². The van der Waals surface area contributed by atoms with Crippen molar-refractivity contribution in [3.8, 4) is 0 Å². The van der Waals surface area contributed by atoms with E-state index in [9.17, 15) is 9.18 Å². The van der Waals surface area contributed by atoms with Gasteiger partial charge in [0.05, 0.1) is 11.1 Å². The minimum absolute atomic E-state index is 0.225. The highest BCUT2D eigenvalue weighted by atomic mass is 32.1. The first-order chi connectivity index (χ1) is 13.1. The molecule has 2 aromatic carbocycles. The average Bonchev–Trinajstić information content (AvgIpc) is 3.04. The van der Waals surface area contributed by atoms with Gasteiger partial charge in [-0.2, -0.15) is 0 Å². The number of nitrogens with one attached hydrogen (secondary N) is 1. The van der Waals surface area contributed by atoms with Crippen molar-refractivity contribution in [3.63, 3.8) is 0 Å². The van der Waals surface area contributed by atoms with E-state index in [4.69, 9.17) is 0 Å². The van der Waals surface area contributed by atoms with Crippen LogP contribution < -0.4 is 5.32 Å². The summed E-state index contributed by atoms with van der Waals surface area (Å²) < 4.78 is 14.1. The molecular formula is C22H17FN2OS. The Labute approximate surface area is 160 Å². The predicted octanol–water partition coefficient (Wildman–Crippen LogP) is 5.59. The molecule has 0 aliphatic carbocycles. The molecule has 4 rings (SSSR count). The number of nitrogens with zero attached hydrogens (tertiary/aromatic N) is 1. The molecule has 0 spiro atoms. The first-order valence-corrected chi connectivity index (χ1v) is 9.40. The second-order valence-electron chi connectivity index (χ2n) is 6.38. The van der Waals surface area contributed by atoms with Crippen molar-refractivity contribution in [2.75, 3.05) is 5.32 Å². The summed E-state index contributed by atoms with van der Waals surface area (Å²) in [6.07, 6.45) is 1.76. The third kappa shape index (κ3) is 3.73. The van der Waals surface area contributed by atoms with Crippen molar-refractivity contribution in [2.24, 2.45) is 0 Å². The second-order valence-corrected chi connectivity index (χ2v) is 7.44. The van der Waals surface area contributed by atoms with Gasteiger partial charge in [-0.05, 0) is 48.1 Å². The number of thiophene rings is 1. The maximum atomic E-state index is 13.0. The Morgan fingerprint density at radius 2 is 1.85 bits per heavy atom. The van der Waals surface area contributed by atoms with E-state index in [1.54, 1.807) is 0 Å². The van der Waals surface area contributed by atoms with Crippen molar-refractivity contribution < 1.29 is 9.18 Å². The molecule has 0 saturated heterocycles. The molecule has 0 fully saturated rings. The highest BCUT2D eigenvalue weighted by Crippen LogP contribution is 2.33. The molecule has 27 heavy (non-hydrogen) atoms. The van der Waals surface area contributed by atoms with E-state index in [0.717, 1.165) is 27.4 Å². The Balaban J connectivity index is 1.71. The van der Waals surface area contributed by atoms with Crippen LogP contribution in [0.1, 0.15) is 26.4 Å². The maximum absolute atomic E-state index is 13.0. The number of aryl methyl sites for hydroxylation is 1. The summed E-state index contributed by atoms with van der Waals surface area (Å²) in [5.74, 6) is -0.326. The van der Waals surface area contributed by atoms with Gasteiger partial charge in [-0.1, -0.05) is 48.0 Å². The maximum Gasteiger partial charge on any atom is 0.267 e. The van der Waals surface area contributed by atoms with Crippen LogP contribution >= 0.6 is 11.3 Å². The SMILES string of the molecule is Cc1ccc(Cc2c(C(=O)Nc3ccc(F)cn3)sc3ccccc23)cc1. The molecule has 3 nitrogen and oxygen atoms in total. The lowest BCUT2D eigenvalue weighted by Gasteiger charge is -2.07. The Morgan fingerprint density at radius 3 is 2.59 bits per heavy atom. The number of fused-ring (bicyclic) bond motifs is 1. The van der Waals surface area contributed by atoms with Crippen LogP contribution in [-0.4, -0.2) is 10.9 Å². The van der Waals surface area contributed by atoms with Gasteiger partial charge in [0.2, 0.25) is 0 Å². The first-order valence-electron chi connectivity index (χ1n) is 8.59. The van der Waals surface area contributed by atoms with E-state index in [2.05, 4.69) is 41.5 Å². The number of amides is 1. The van der Waals surface area contributed by atoms with Gasteiger partial charge in [-0.25, -0.2) is 9.37 Å². The second kappa shape index (κ2) is 7.29. The summed E-state index contributed by atoms with van der Waals surface area (Å²) in [5.41, 5.74) is 3.35. The molecule has 2 aromatic heterocycles. The zero-order valence-corrected chi connectivity index (χ0v) is 15.5. The van der Waals surface area contributed by atoms with E-state index >= 15 is 0 Å². The molecule has 134 valence electrons. The number of carbonyl (C=O) groups is 1. The Bertz CT molecular complexity index is 1100. The zero-order chi connectivity index (χ0) is 18.8. The molecule has 0 aliphatic rings. The van der Waals surface area contributed by atoms with Crippen molar-refractivity contribution >= 4 is 33.1 Å². The molecule has 0 atom stereocenters. The fourth-order valence-electron chi connectivity index (χ4n) is 2.99. The van der Waals surface area contributed by atoms with E-state index in [-0.39, 0.29) is 5.91 Å². The minimum atomic E-state index is -0.435. The number of aromatic nitrogens is 1. The molecule has 0 bridgehead atoms. The number of hydrogen-bond acceptors (Lipinski definition) is 3. The van der Waals surface area contributed by atoms with Crippen molar-refractivity contribution in [3.05, 3.63) is 94.2 Å². The smallest absolute Gasteiger partial charge is 0.267 e. The van der Waals surface area contributed by atoms with Crippen LogP contribution in [0.4, 0.5) is 10.2 Å². The molecule has 0 radical (unpaired) electrons. The average molecular weight is 376 g/mol. The molecule has 0 unspecified atom stereocenters. The Kier molecular flexibility index (Phi) is 4.69. The lowest BCUT2D eigenvalue weighted by Crippen LogP contribution is -2.13. The van der Waals surface area contributed by atoms with Gasteiger partial charge in [-0.3, -0.25) is 4.79 Å². The summed E-state index contributed by atoms with van der Waals surface area (Å²) in [4.78, 5) is 17.5. The fourth-order valence-corrected chi connectivity index (χ4v) is 4.11. The van der Waals surface area contributed by atoms with Crippen LogP contribution in [0, 0.1) is 12.7 Å². The van der Waals surface area contributed by atoms with Crippen molar-refractivity contribution in [1.29, 1.82) is 0 Å². The number of carbonyl (C=O) groups excluding carboxylic acids is 1. The monoisotopic (exact) mass is 376 g/mol. The van der Waals surface area contributed by atoms with Crippen molar-refractivity contribution in [2.45, 2.75) is 13.3 Å². The van der Waals surface area contributed by atoms with Gasteiger partial charge in [-0.15, -0.1) is 11.3 Å². The lowest BCUT2D eigenvalue weighted by molar-refractivity contribution is 0.102. The molecule has 4 aromatic rings. The summed E-state index contributed by atoms with van der Waals surface area (Å²) in [6.45, 7) is 2.05. The standard InChI is InChI=1S/C22H17FN2OS/c1-14-6-8-15(9-7-14)12-18-17-4-2-3-5-19(17)27-21(18)22(26)25-20-11-10-16(23)13-24-20/h2-11,13H,12H2,1H3,(H,24,25,26). The highest BCUT2D eigenvalue weighted by molar-refractivity contribution is 7.21. The van der Waals surface area contributed by atoms with E-state index in [1.165, 1.54) is 29.0 Å². The first kappa shape index (κ1) is 17.4. The number of halogens is 1. The van der Waals surface area contributed by atoms with E-state index in [0.29, 0.717) is 17.1 Å². The summed E-state index contributed by atoms with van der Waals surface area (Å²) in [6, 6.07) is 19.1. The molecule has 2 heterocycles. The van der Waals surface area contributed by atoms with E-state index in [1.807, 2.05) is 24.3 Å². The Hall–Kier alpha value is -3.05. The van der Waals surface area contributed by atoms with Crippen LogP contribution in [0.15, 0.2) is 66.9 Å². The summed E-state index contributed by atoms with van der Waals surface area (Å²) in [7, 11) is 0. The highest BCUT2D eigenvalue weighted by Gasteiger charge is 2.19. The van der Waals surface area contributed by atoms with Gasteiger partial charge >= 0.3 is 0 Å². The minimum Gasteiger partial charge on any atom is -0.306 e. The number of benzene rings is 2. The van der Waals surface area contributed by atoms with Crippen LogP contribution in [-0.2, 0) is 6.42 Å². The van der Waals surface area contributed by atoms with Crippen LogP contribution in [0.2, 0.25) is 0 Å². The third-order valence-electron chi connectivity index (χ3n) is 4.38. The zero-order valence-electron chi connectivity index (χ0n) is 14.7. The predicted molar refractivity (Wildman–Crippen MR) is 108 cm³/mol. The molecule has 1 amide bonds. The van der Waals surface area contributed by atoms with E-state index < -0.39 is 5.82 Å². The number of pyridine rings is 1. The van der Waals surface area contributed by atoms with Gasteiger partial charge in [0.15, 0.2) is 0 Å². The Morgan fingerprint density at radius 1 is 1.07 bits per heavy atom.